The van der Waals surface area contributed by atoms with Gasteiger partial charge in [0.1, 0.15) is 0 Å². The Balaban J connectivity index is 1.88. The highest BCUT2D eigenvalue weighted by atomic mass is 32.2. The largest absolute Gasteiger partial charge is 0.491 e. The van der Waals surface area contributed by atoms with Gasteiger partial charge in [-0.1, -0.05) is 42.5 Å². The maximum absolute atomic E-state index is 13.4. The van der Waals surface area contributed by atoms with Crippen LogP contribution < -0.4 is 5.32 Å². The van der Waals surface area contributed by atoms with Gasteiger partial charge < -0.3 is 19.7 Å². The van der Waals surface area contributed by atoms with Crippen molar-refractivity contribution in [2.24, 2.45) is 4.99 Å². The number of nitrogens with one attached hydrogen (secondary N) is 1. The van der Waals surface area contributed by atoms with Crippen molar-refractivity contribution in [1.82, 2.24) is 10.2 Å². The van der Waals surface area contributed by atoms with Crippen LogP contribution in [-0.4, -0.2) is 71.5 Å². The fourth-order valence-corrected chi connectivity index (χ4v) is 5.42. The van der Waals surface area contributed by atoms with Gasteiger partial charge in [0.05, 0.1) is 24.7 Å². The molecule has 10 heteroatoms. The Kier molecular flexibility index (Phi) is 9.46. The van der Waals surface area contributed by atoms with Crippen molar-refractivity contribution in [2.45, 2.75) is 30.2 Å². The van der Waals surface area contributed by atoms with E-state index < -0.39 is 15.7 Å². The number of nitrogens with zero attached hydrogens (tertiary/aromatic N) is 2. The van der Waals surface area contributed by atoms with Crippen molar-refractivity contribution in [3.8, 4) is 0 Å². The predicted octanol–water partition coefficient (Wildman–Crippen LogP) is 3.31. The molecule has 3 rings (SSSR count). The number of amides is 2. The molecule has 9 nitrogen and oxygen atoms in total. The van der Waals surface area contributed by atoms with Crippen LogP contribution in [0.15, 0.2) is 87.8 Å². The van der Waals surface area contributed by atoms with E-state index in [0.29, 0.717) is 25.1 Å². The summed E-state index contributed by atoms with van der Waals surface area (Å²) in [4.78, 5) is 32.1. The quantitative estimate of drug-likeness (QED) is 0.226. The van der Waals surface area contributed by atoms with Gasteiger partial charge in [0.15, 0.2) is 15.6 Å². The lowest BCUT2D eigenvalue weighted by Crippen LogP contribution is -2.51. The SMILES string of the molecule is C=N/C(OC)=C(\C=C(/C)C(=O)N1CC[C@@H](NC(=O)c2ccccc2S(C)(=O)=O)[C@@H](c2ccccc2)C1)OC. The first-order chi connectivity index (χ1) is 18.1. The summed E-state index contributed by atoms with van der Waals surface area (Å²) >= 11 is 0. The molecule has 0 spiro atoms. The van der Waals surface area contributed by atoms with E-state index >= 15 is 0 Å². The molecule has 1 fully saturated rings. The highest BCUT2D eigenvalue weighted by Gasteiger charge is 2.34. The van der Waals surface area contributed by atoms with Crippen molar-refractivity contribution in [3.63, 3.8) is 0 Å². The molecule has 0 aromatic heterocycles. The molecular formula is C28H33N3O6S. The molecule has 0 saturated carbocycles. The molecule has 2 aromatic rings. The Morgan fingerprint density at radius 3 is 2.34 bits per heavy atom. The molecular weight excluding hydrogens is 506 g/mol. The number of ether oxygens (including phenoxy) is 2. The first-order valence-electron chi connectivity index (χ1n) is 12.0. The summed E-state index contributed by atoms with van der Waals surface area (Å²) < 4.78 is 34.9. The van der Waals surface area contributed by atoms with Gasteiger partial charge in [-0.3, -0.25) is 9.59 Å². The van der Waals surface area contributed by atoms with Crippen molar-refractivity contribution in [1.29, 1.82) is 0 Å². The summed E-state index contributed by atoms with van der Waals surface area (Å²) in [6.07, 6.45) is 3.12. The van der Waals surface area contributed by atoms with Gasteiger partial charge in [-0.05, 0) is 43.8 Å². The first-order valence-corrected chi connectivity index (χ1v) is 13.9. The number of carbonyl (C=O) groups excluding carboxylic acids is 2. The fraction of sp³-hybridized carbons (Fsp3) is 0.321. The number of allylic oxidation sites excluding steroid dienone is 1. The van der Waals surface area contributed by atoms with Gasteiger partial charge in [0.2, 0.25) is 5.91 Å². The molecule has 1 aliphatic rings. The summed E-state index contributed by atoms with van der Waals surface area (Å²) in [5.41, 5.74) is 1.49. The summed E-state index contributed by atoms with van der Waals surface area (Å²) in [6.45, 7) is 5.89. The van der Waals surface area contributed by atoms with Crippen molar-refractivity contribution >= 4 is 28.4 Å². The second-order valence-corrected chi connectivity index (χ2v) is 11.0. The molecule has 0 aliphatic carbocycles. The second kappa shape index (κ2) is 12.6. The molecule has 1 N–H and O–H groups in total. The molecule has 202 valence electrons. The third kappa shape index (κ3) is 6.69. The number of likely N-dealkylation sites (tertiary alicyclic amines) is 1. The molecule has 0 unspecified atom stereocenters. The number of hydrogen-bond acceptors (Lipinski definition) is 7. The zero-order valence-corrected chi connectivity index (χ0v) is 22.8. The summed E-state index contributed by atoms with van der Waals surface area (Å²) in [5, 5.41) is 3.04. The summed E-state index contributed by atoms with van der Waals surface area (Å²) in [5.74, 6) is -0.422. The number of benzene rings is 2. The number of methoxy groups -OCH3 is 2. The lowest BCUT2D eigenvalue weighted by atomic mass is 9.85. The Morgan fingerprint density at radius 2 is 1.74 bits per heavy atom. The zero-order valence-electron chi connectivity index (χ0n) is 22.0. The van der Waals surface area contributed by atoms with Crippen LogP contribution in [0.5, 0.6) is 0 Å². The average molecular weight is 540 g/mol. The van der Waals surface area contributed by atoms with Crippen molar-refractivity contribution in [2.75, 3.05) is 33.6 Å². The van der Waals surface area contributed by atoms with Crippen molar-refractivity contribution in [3.05, 3.63) is 89.0 Å². The molecule has 0 radical (unpaired) electrons. The maximum atomic E-state index is 13.4. The van der Waals surface area contributed by atoms with Crippen LogP contribution in [-0.2, 0) is 24.1 Å². The number of carbonyl (C=O) groups is 2. The normalized spacial score (nSPS) is 18.7. The zero-order chi connectivity index (χ0) is 27.9. The van der Waals surface area contributed by atoms with Gasteiger partial charge in [0, 0.05) is 36.9 Å². The van der Waals surface area contributed by atoms with E-state index in [-0.39, 0.29) is 40.0 Å². The molecule has 1 heterocycles. The molecule has 2 amide bonds. The van der Waals surface area contributed by atoms with Crippen LogP contribution in [0.2, 0.25) is 0 Å². The van der Waals surface area contributed by atoms with E-state index in [0.717, 1.165) is 11.8 Å². The lowest BCUT2D eigenvalue weighted by molar-refractivity contribution is -0.128. The predicted molar refractivity (Wildman–Crippen MR) is 146 cm³/mol. The topological polar surface area (TPSA) is 114 Å². The van der Waals surface area contributed by atoms with Gasteiger partial charge in [0.25, 0.3) is 11.8 Å². The third-order valence-electron chi connectivity index (χ3n) is 6.43. The Morgan fingerprint density at radius 1 is 1.08 bits per heavy atom. The Labute approximate surface area is 223 Å². The third-order valence-corrected chi connectivity index (χ3v) is 7.58. The Bertz CT molecular complexity index is 1350. The average Bonchev–Trinajstić information content (AvgIpc) is 2.92. The van der Waals surface area contributed by atoms with E-state index in [1.807, 2.05) is 30.3 Å². The minimum Gasteiger partial charge on any atom is -0.491 e. The minimum absolute atomic E-state index is 0.0198. The highest BCUT2D eigenvalue weighted by Crippen LogP contribution is 2.29. The van der Waals surface area contributed by atoms with Gasteiger partial charge in [-0.15, -0.1) is 0 Å². The number of sulfone groups is 1. The Hall–Kier alpha value is -3.92. The second-order valence-electron chi connectivity index (χ2n) is 8.97. The monoisotopic (exact) mass is 539 g/mol. The van der Waals surface area contributed by atoms with Gasteiger partial charge in [-0.25, -0.2) is 13.4 Å². The number of piperidine rings is 1. The van der Waals surface area contributed by atoms with Crippen LogP contribution in [0.25, 0.3) is 0 Å². The van der Waals surface area contributed by atoms with Crippen molar-refractivity contribution < 1.29 is 27.5 Å². The first kappa shape index (κ1) is 28.6. The molecule has 1 aliphatic heterocycles. The lowest BCUT2D eigenvalue weighted by Gasteiger charge is -2.39. The van der Waals surface area contributed by atoms with E-state index in [1.54, 1.807) is 30.0 Å². The maximum Gasteiger partial charge on any atom is 0.256 e. The van der Waals surface area contributed by atoms with E-state index in [1.165, 1.54) is 26.4 Å². The van der Waals surface area contributed by atoms with Gasteiger partial charge >= 0.3 is 0 Å². The van der Waals surface area contributed by atoms with Gasteiger partial charge in [-0.2, -0.15) is 0 Å². The smallest absolute Gasteiger partial charge is 0.256 e. The standard InChI is InChI=1S/C28H33N3O6S/c1-19(17-24(36-3)27(29-2)37-4)28(33)31-16-15-23(22(18-31)20-11-7-6-8-12-20)30-26(32)21-13-9-10-14-25(21)38(5,34)35/h6-14,17,22-23H,2,15-16,18H2,1,3-5H3,(H,30,32)/b19-17+,27-24-/t22-,23-/m1/s1. The highest BCUT2D eigenvalue weighted by molar-refractivity contribution is 7.90. The minimum atomic E-state index is -3.59. The molecule has 1 saturated heterocycles. The fourth-order valence-electron chi connectivity index (χ4n) is 4.53. The molecule has 0 bridgehead atoms. The van der Waals surface area contributed by atoms with Crippen LogP contribution in [0.3, 0.4) is 0 Å². The van der Waals surface area contributed by atoms with E-state index in [4.69, 9.17) is 9.47 Å². The summed E-state index contributed by atoms with van der Waals surface area (Å²) in [7, 11) is -0.700. The molecule has 38 heavy (non-hydrogen) atoms. The van der Waals surface area contributed by atoms with E-state index in [2.05, 4.69) is 17.0 Å². The number of aliphatic imine (C=N–C) groups is 1. The van der Waals surface area contributed by atoms with Crippen LogP contribution in [0.4, 0.5) is 0 Å². The van der Waals surface area contributed by atoms with E-state index in [9.17, 15) is 18.0 Å². The summed E-state index contributed by atoms with van der Waals surface area (Å²) in [6, 6.07) is 15.5. The van der Waals surface area contributed by atoms with Crippen LogP contribution >= 0.6 is 0 Å². The van der Waals surface area contributed by atoms with Crippen LogP contribution in [0, 0.1) is 0 Å². The van der Waals surface area contributed by atoms with Crippen LogP contribution in [0.1, 0.15) is 35.2 Å². The number of hydrogen-bond donors (Lipinski definition) is 1. The molecule has 2 atom stereocenters. The number of rotatable bonds is 9. The molecule has 2 aromatic carbocycles.